The number of thioether (sulfide) groups is 1. The third-order valence-corrected chi connectivity index (χ3v) is 7.21. The van der Waals surface area contributed by atoms with Crippen LogP contribution in [-0.4, -0.2) is 20.1 Å². The monoisotopic (exact) mass is 480 g/mol. The van der Waals surface area contributed by atoms with Gasteiger partial charge in [0.25, 0.3) is 15.9 Å². The Morgan fingerprint density at radius 3 is 2.37 bits per heavy atom. The molecular weight excluding hydrogens is 463 g/mol. The fourth-order valence-electron chi connectivity index (χ4n) is 2.64. The summed E-state index contributed by atoms with van der Waals surface area (Å²) in [7, 11) is -3.87. The lowest BCUT2D eigenvalue weighted by Gasteiger charge is -2.12. The molecule has 0 unspecified atom stereocenters. The average Bonchev–Trinajstić information content (AvgIpc) is 2.72. The van der Waals surface area contributed by atoms with Gasteiger partial charge in [-0.15, -0.1) is 11.8 Å². The van der Waals surface area contributed by atoms with Crippen molar-refractivity contribution in [3.63, 3.8) is 0 Å². The number of hydrogen-bond acceptors (Lipinski definition) is 4. The fraction of sp³-hybridized carbons (Fsp3) is 0.0952. The molecule has 0 aliphatic rings. The molecule has 3 aromatic carbocycles. The summed E-state index contributed by atoms with van der Waals surface area (Å²) < 4.78 is 27.7. The van der Waals surface area contributed by atoms with E-state index in [1.807, 2.05) is 19.1 Å². The van der Waals surface area contributed by atoms with Crippen LogP contribution in [0, 0.1) is 0 Å². The van der Waals surface area contributed by atoms with Crippen LogP contribution in [0.4, 0.5) is 11.4 Å². The van der Waals surface area contributed by atoms with Gasteiger partial charge in [-0.25, -0.2) is 8.42 Å². The molecule has 156 valence electrons. The normalized spacial score (nSPS) is 11.2. The number of nitrogens with one attached hydrogen (secondary N) is 2. The summed E-state index contributed by atoms with van der Waals surface area (Å²) >= 11 is 13.6. The van der Waals surface area contributed by atoms with Gasteiger partial charge in [0.05, 0.1) is 26.2 Å². The van der Waals surface area contributed by atoms with Gasteiger partial charge >= 0.3 is 0 Å². The van der Waals surface area contributed by atoms with Gasteiger partial charge in [0.15, 0.2) is 0 Å². The van der Waals surface area contributed by atoms with Crippen molar-refractivity contribution in [3.8, 4) is 0 Å². The Balaban J connectivity index is 1.76. The van der Waals surface area contributed by atoms with Crippen molar-refractivity contribution in [2.45, 2.75) is 16.7 Å². The molecule has 0 aromatic heterocycles. The van der Waals surface area contributed by atoms with E-state index in [0.29, 0.717) is 11.3 Å². The van der Waals surface area contributed by atoms with Crippen LogP contribution in [0.2, 0.25) is 10.0 Å². The predicted molar refractivity (Wildman–Crippen MR) is 125 cm³/mol. The Labute approximate surface area is 189 Å². The number of benzene rings is 3. The molecule has 1 amide bonds. The van der Waals surface area contributed by atoms with Gasteiger partial charge in [-0.2, -0.15) is 0 Å². The molecule has 0 saturated heterocycles. The highest BCUT2D eigenvalue weighted by Gasteiger charge is 2.17. The minimum atomic E-state index is -3.87. The summed E-state index contributed by atoms with van der Waals surface area (Å²) in [5, 5.41) is 3.16. The molecule has 0 fully saturated rings. The summed E-state index contributed by atoms with van der Waals surface area (Å²) in [5.41, 5.74) is 1.24. The van der Waals surface area contributed by atoms with Gasteiger partial charge in [0.2, 0.25) is 0 Å². The van der Waals surface area contributed by atoms with Crippen LogP contribution >= 0.6 is 35.0 Å². The highest BCUT2D eigenvalue weighted by Crippen LogP contribution is 2.31. The number of hydrogen-bond donors (Lipinski definition) is 2. The van der Waals surface area contributed by atoms with Crippen molar-refractivity contribution in [2.75, 3.05) is 15.8 Å². The van der Waals surface area contributed by atoms with E-state index in [2.05, 4.69) is 10.0 Å². The number of anilines is 2. The first kappa shape index (κ1) is 22.5. The van der Waals surface area contributed by atoms with Crippen LogP contribution in [0.3, 0.4) is 0 Å². The quantitative estimate of drug-likeness (QED) is 0.397. The molecule has 0 aliphatic heterocycles. The summed E-state index contributed by atoms with van der Waals surface area (Å²) in [6, 6.07) is 17.9. The summed E-state index contributed by atoms with van der Waals surface area (Å²) in [6.45, 7) is 2.02. The van der Waals surface area contributed by atoms with Gasteiger partial charge < -0.3 is 5.32 Å². The summed E-state index contributed by atoms with van der Waals surface area (Å²) in [5.74, 6) is 0.589. The Morgan fingerprint density at radius 2 is 1.67 bits per heavy atom. The predicted octanol–water partition coefficient (Wildman–Crippen LogP) is 6.16. The molecule has 5 nitrogen and oxygen atoms in total. The van der Waals surface area contributed by atoms with Crippen molar-refractivity contribution in [1.29, 1.82) is 0 Å². The van der Waals surface area contributed by atoms with Crippen LogP contribution in [0.25, 0.3) is 0 Å². The summed E-state index contributed by atoms with van der Waals surface area (Å²) in [4.78, 5) is 13.5. The van der Waals surface area contributed by atoms with E-state index in [4.69, 9.17) is 23.2 Å². The van der Waals surface area contributed by atoms with Crippen molar-refractivity contribution < 1.29 is 13.2 Å². The zero-order chi connectivity index (χ0) is 21.7. The molecule has 3 rings (SSSR count). The number of halogens is 2. The van der Waals surface area contributed by atoms with Crippen LogP contribution < -0.4 is 10.0 Å². The standard InChI is InChI=1S/C21H18Cl2N2O3S2/c1-2-29-19-9-4-3-6-16(19)21(26)24-14-10-12-15(13-11-14)30(27,28)25-18-8-5-7-17(22)20(18)23/h3-13,25H,2H2,1H3,(H,24,26). The zero-order valence-electron chi connectivity index (χ0n) is 15.9. The lowest BCUT2D eigenvalue weighted by Crippen LogP contribution is -2.15. The Hall–Kier alpha value is -2.19. The lowest BCUT2D eigenvalue weighted by molar-refractivity contribution is 0.102. The van der Waals surface area contributed by atoms with Crippen molar-refractivity contribution in [3.05, 3.63) is 82.3 Å². The van der Waals surface area contributed by atoms with Crippen molar-refractivity contribution in [2.24, 2.45) is 0 Å². The molecule has 0 atom stereocenters. The molecule has 9 heteroatoms. The highest BCUT2D eigenvalue weighted by atomic mass is 35.5. The van der Waals surface area contributed by atoms with E-state index in [-0.39, 0.29) is 26.5 Å². The van der Waals surface area contributed by atoms with Crippen LogP contribution in [0.1, 0.15) is 17.3 Å². The maximum atomic E-state index is 12.6. The SMILES string of the molecule is CCSc1ccccc1C(=O)Nc1ccc(S(=O)(=O)Nc2cccc(Cl)c2Cl)cc1. The van der Waals surface area contributed by atoms with Gasteiger partial charge in [-0.05, 0) is 54.3 Å². The molecule has 0 radical (unpaired) electrons. The largest absolute Gasteiger partial charge is 0.322 e. The van der Waals surface area contributed by atoms with E-state index in [1.165, 1.54) is 30.3 Å². The maximum absolute atomic E-state index is 12.6. The Morgan fingerprint density at radius 1 is 0.967 bits per heavy atom. The number of rotatable bonds is 7. The first-order valence-electron chi connectivity index (χ1n) is 8.92. The van der Waals surface area contributed by atoms with E-state index in [0.717, 1.165) is 10.6 Å². The molecular formula is C21H18Cl2N2O3S2. The molecule has 0 spiro atoms. The van der Waals surface area contributed by atoms with E-state index in [1.54, 1.807) is 36.0 Å². The van der Waals surface area contributed by atoms with Crippen LogP contribution in [0.5, 0.6) is 0 Å². The molecule has 0 heterocycles. The fourth-order valence-corrected chi connectivity index (χ4v) is 4.92. The molecule has 0 saturated carbocycles. The van der Waals surface area contributed by atoms with Gasteiger partial charge in [-0.1, -0.05) is 48.3 Å². The van der Waals surface area contributed by atoms with Crippen molar-refractivity contribution >= 4 is 62.3 Å². The number of carbonyl (C=O) groups excluding carboxylic acids is 1. The maximum Gasteiger partial charge on any atom is 0.261 e. The van der Waals surface area contributed by atoms with Crippen molar-refractivity contribution in [1.82, 2.24) is 0 Å². The first-order valence-corrected chi connectivity index (χ1v) is 12.1. The van der Waals surface area contributed by atoms with Crippen LogP contribution in [-0.2, 0) is 10.0 Å². The molecule has 2 N–H and O–H groups in total. The second kappa shape index (κ2) is 9.75. The highest BCUT2D eigenvalue weighted by molar-refractivity contribution is 7.99. The molecule has 3 aromatic rings. The van der Waals surface area contributed by atoms with E-state index >= 15 is 0 Å². The topological polar surface area (TPSA) is 75.3 Å². The molecule has 30 heavy (non-hydrogen) atoms. The third kappa shape index (κ3) is 5.29. The summed E-state index contributed by atoms with van der Waals surface area (Å²) in [6.07, 6.45) is 0. The first-order chi connectivity index (χ1) is 14.3. The lowest BCUT2D eigenvalue weighted by atomic mass is 10.2. The molecule has 0 aliphatic carbocycles. The van der Waals surface area contributed by atoms with Gasteiger partial charge in [0, 0.05) is 10.6 Å². The Kier molecular flexibility index (Phi) is 7.31. The smallest absolute Gasteiger partial charge is 0.261 e. The third-order valence-electron chi connectivity index (χ3n) is 4.05. The van der Waals surface area contributed by atoms with Crippen LogP contribution in [0.15, 0.2) is 76.5 Å². The number of carbonyl (C=O) groups is 1. The second-order valence-corrected chi connectivity index (χ2v) is 9.89. The second-order valence-electron chi connectivity index (χ2n) is 6.11. The van der Waals surface area contributed by atoms with Gasteiger partial charge in [-0.3, -0.25) is 9.52 Å². The van der Waals surface area contributed by atoms with E-state index < -0.39 is 10.0 Å². The molecule has 0 bridgehead atoms. The average molecular weight is 481 g/mol. The zero-order valence-corrected chi connectivity index (χ0v) is 19.0. The van der Waals surface area contributed by atoms with Gasteiger partial charge in [0.1, 0.15) is 0 Å². The van der Waals surface area contributed by atoms with E-state index in [9.17, 15) is 13.2 Å². The number of sulfonamides is 1. The Bertz CT molecular complexity index is 1170. The minimum absolute atomic E-state index is 0.0264. The number of amides is 1. The minimum Gasteiger partial charge on any atom is -0.322 e.